The smallest absolute Gasteiger partial charge is 0.305 e. The molecule has 1 aromatic heterocycles. The van der Waals surface area contributed by atoms with Gasteiger partial charge in [-0.2, -0.15) is 0 Å². The molecule has 0 fully saturated rings. The highest BCUT2D eigenvalue weighted by Crippen LogP contribution is 2.42. The Morgan fingerprint density at radius 3 is 3.00 bits per heavy atom. The van der Waals surface area contributed by atoms with Crippen molar-refractivity contribution >= 4 is 16.9 Å². The SMILES string of the molecule is COC(=O)CCC1(C)CCCc2c1[nH]c1ccccc21. The van der Waals surface area contributed by atoms with Crippen LogP contribution in [0.15, 0.2) is 24.3 Å². The molecule has 0 bridgehead atoms. The molecule has 106 valence electrons. The molecule has 3 rings (SSSR count). The second-order valence-electron chi connectivity index (χ2n) is 6.01. The molecule has 0 amide bonds. The monoisotopic (exact) mass is 271 g/mol. The molecule has 1 aromatic carbocycles. The average Bonchev–Trinajstić information content (AvgIpc) is 2.86. The lowest BCUT2D eigenvalue weighted by atomic mass is 9.72. The Balaban J connectivity index is 1.98. The minimum absolute atomic E-state index is 0.0563. The van der Waals surface area contributed by atoms with Gasteiger partial charge in [-0.05, 0) is 37.3 Å². The van der Waals surface area contributed by atoms with E-state index in [0.717, 1.165) is 19.3 Å². The highest BCUT2D eigenvalue weighted by atomic mass is 16.5. The molecule has 1 N–H and O–H groups in total. The maximum Gasteiger partial charge on any atom is 0.305 e. The number of para-hydroxylation sites is 1. The Morgan fingerprint density at radius 1 is 1.40 bits per heavy atom. The summed E-state index contributed by atoms with van der Waals surface area (Å²) in [5, 5.41) is 1.34. The van der Waals surface area contributed by atoms with Crippen LogP contribution >= 0.6 is 0 Å². The number of aromatic amines is 1. The van der Waals surface area contributed by atoms with E-state index in [4.69, 9.17) is 4.74 Å². The van der Waals surface area contributed by atoms with Gasteiger partial charge in [-0.15, -0.1) is 0 Å². The number of hydrogen-bond acceptors (Lipinski definition) is 2. The van der Waals surface area contributed by atoms with E-state index < -0.39 is 0 Å². The number of ether oxygens (including phenoxy) is 1. The van der Waals surface area contributed by atoms with Crippen LogP contribution in [0.25, 0.3) is 10.9 Å². The molecule has 1 heterocycles. The maximum absolute atomic E-state index is 11.4. The van der Waals surface area contributed by atoms with Crippen molar-refractivity contribution in [3.8, 4) is 0 Å². The summed E-state index contributed by atoms with van der Waals surface area (Å²) in [5.41, 5.74) is 4.04. The molecule has 0 spiro atoms. The van der Waals surface area contributed by atoms with Gasteiger partial charge in [0.1, 0.15) is 0 Å². The molecule has 3 nitrogen and oxygen atoms in total. The summed E-state index contributed by atoms with van der Waals surface area (Å²) >= 11 is 0. The molecule has 1 unspecified atom stereocenters. The van der Waals surface area contributed by atoms with Crippen LogP contribution < -0.4 is 0 Å². The van der Waals surface area contributed by atoms with Gasteiger partial charge in [-0.25, -0.2) is 0 Å². The van der Waals surface area contributed by atoms with Gasteiger partial charge in [0.25, 0.3) is 0 Å². The van der Waals surface area contributed by atoms with Crippen LogP contribution in [-0.2, 0) is 21.4 Å². The number of aryl methyl sites for hydroxylation is 1. The fourth-order valence-electron chi connectivity index (χ4n) is 3.49. The number of esters is 1. The minimum Gasteiger partial charge on any atom is -0.469 e. The first-order chi connectivity index (χ1) is 9.64. The van der Waals surface area contributed by atoms with Crippen molar-refractivity contribution in [3.63, 3.8) is 0 Å². The lowest BCUT2D eigenvalue weighted by molar-refractivity contribution is -0.141. The van der Waals surface area contributed by atoms with Gasteiger partial charge in [0.2, 0.25) is 0 Å². The van der Waals surface area contributed by atoms with Crippen molar-refractivity contribution in [1.82, 2.24) is 4.98 Å². The molecule has 0 saturated heterocycles. The average molecular weight is 271 g/mol. The summed E-state index contributed by atoms with van der Waals surface area (Å²) < 4.78 is 4.78. The number of aromatic nitrogens is 1. The van der Waals surface area contributed by atoms with Gasteiger partial charge < -0.3 is 9.72 Å². The normalized spacial score (nSPS) is 21.7. The molecule has 2 aromatic rings. The molecule has 3 heteroatoms. The Morgan fingerprint density at radius 2 is 2.20 bits per heavy atom. The lowest BCUT2D eigenvalue weighted by Crippen LogP contribution is -2.28. The van der Waals surface area contributed by atoms with Crippen molar-refractivity contribution in [3.05, 3.63) is 35.5 Å². The highest BCUT2D eigenvalue weighted by Gasteiger charge is 2.34. The van der Waals surface area contributed by atoms with Gasteiger partial charge in [-0.1, -0.05) is 25.1 Å². The Labute approximate surface area is 119 Å². The number of H-pyrrole nitrogens is 1. The lowest BCUT2D eigenvalue weighted by Gasteiger charge is -2.33. The van der Waals surface area contributed by atoms with Gasteiger partial charge >= 0.3 is 5.97 Å². The molecule has 0 radical (unpaired) electrons. The van der Waals surface area contributed by atoms with E-state index in [1.165, 1.54) is 35.7 Å². The van der Waals surface area contributed by atoms with E-state index in [2.05, 4.69) is 36.2 Å². The largest absolute Gasteiger partial charge is 0.469 e. The van der Waals surface area contributed by atoms with Crippen LogP contribution in [0.4, 0.5) is 0 Å². The first-order valence-corrected chi connectivity index (χ1v) is 7.31. The van der Waals surface area contributed by atoms with Crippen molar-refractivity contribution in [1.29, 1.82) is 0 Å². The van der Waals surface area contributed by atoms with Crippen molar-refractivity contribution in [2.24, 2.45) is 0 Å². The number of carbonyl (C=O) groups excluding carboxylic acids is 1. The first-order valence-electron chi connectivity index (χ1n) is 7.31. The predicted molar refractivity (Wildman–Crippen MR) is 79.8 cm³/mol. The van der Waals surface area contributed by atoms with Gasteiger partial charge in [0.05, 0.1) is 7.11 Å². The number of carbonyl (C=O) groups is 1. The highest BCUT2D eigenvalue weighted by molar-refractivity contribution is 5.85. The van der Waals surface area contributed by atoms with E-state index in [9.17, 15) is 4.79 Å². The third-order valence-electron chi connectivity index (χ3n) is 4.68. The maximum atomic E-state index is 11.4. The topological polar surface area (TPSA) is 42.1 Å². The van der Waals surface area contributed by atoms with E-state index in [1.54, 1.807) is 0 Å². The van der Waals surface area contributed by atoms with Crippen LogP contribution in [0, 0.1) is 0 Å². The molecular weight excluding hydrogens is 250 g/mol. The standard InChI is InChI=1S/C17H21NO2/c1-17(11-9-15(19)20-2)10-5-7-13-12-6-3-4-8-14(12)18-16(13)17/h3-4,6,8,18H,5,7,9-11H2,1-2H3. The van der Waals surface area contributed by atoms with Crippen molar-refractivity contribution in [2.75, 3.05) is 7.11 Å². The van der Waals surface area contributed by atoms with Gasteiger partial charge in [0.15, 0.2) is 0 Å². The summed E-state index contributed by atoms with van der Waals surface area (Å²) in [5.74, 6) is -0.116. The van der Waals surface area contributed by atoms with Gasteiger partial charge in [-0.3, -0.25) is 4.79 Å². The fraction of sp³-hybridized carbons (Fsp3) is 0.471. The van der Waals surface area contributed by atoms with Crippen LogP contribution in [0.1, 0.15) is 43.9 Å². The van der Waals surface area contributed by atoms with E-state index in [-0.39, 0.29) is 11.4 Å². The summed E-state index contributed by atoms with van der Waals surface area (Å²) in [6, 6.07) is 8.48. The van der Waals surface area contributed by atoms with Crippen molar-refractivity contribution < 1.29 is 9.53 Å². The molecule has 0 aliphatic heterocycles. The zero-order chi connectivity index (χ0) is 14.2. The quantitative estimate of drug-likeness (QED) is 0.865. The van der Waals surface area contributed by atoms with Crippen molar-refractivity contribution in [2.45, 2.75) is 44.4 Å². The molecular formula is C17H21NO2. The number of methoxy groups -OCH3 is 1. The van der Waals surface area contributed by atoms with E-state index in [0.29, 0.717) is 6.42 Å². The predicted octanol–water partition coefficient (Wildman–Crippen LogP) is 3.72. The van der Waals surface area contributed by atoms with E-state index >= 15 is 0 Å². The third kappa shape index (κ3) is 2.11. The molecule has 1 aliphatic rings. The molecule has 1 aliphatic carbocycles. The Hall–Kier alpha value is -1.77. The first kappa shape index (κ1) is 13.2. The molecule has 20 heavy (non-hydrogen) atoms. The molecule has 0 saturated carbocycles. The third-order valence-corrected chi connectivity index (χ3v) is 4.68. The number of benzene rings is 1. The number of nitrogens with one attached hydrogen (secondary N) is 1. The van der Waals surface area contributed by atoms with Crippen LogP contribution in [0.3, 0.4) is 0 Å². The van der Waals surface area contributed by atoms with Crippen LogP contribution in [0.2, 0.25) is 0 Å². The zero-order valence-electron chi connectivity index (χ0n) is 12.2. The fourth-order valence-corrected chi connectivity index (χ4v) is 3.49. The summed E-state index contributed by atoms with van der Waals surface area (Å²) in [7, 11) is 1.46. The molecule has 1 atom stereocenters. The summed E-state index contributed by atoms with van der Waals surface area (Å²) in [6.07, 6.45) is 4.78. The van der Waals surface area contributed by atoms with Crippen LogP contribution in [-0.4, -0.2) is 18.1 Å². The van der Waals surface area contributed by atoms with Crippen LogP contribution in [0.5, 0.6) is 0 Å². The minimum atomic E-state index is -0.116. The second kappa shape index (κ2) is 4.97. The summed E-state index contributed by atoms with van der Waals surface area (Å²) in [6.45, 7) is 2.27. The summed E-state index contributed by atoms with van der Waals surface area (Å²) in [4.78, 5) is 15.0. The number of rotatable bonds is 3. The number of hydrogen-bond donors (Lipinski definition) is 1. The van der Waals surface area contributed by atoms with E-state index in [1.807, 2.05) is 0 Å². The zero-order valence-corrected chi connectivity index (χ0v) is 12.2. The Kier molecular flexibility index (Phi) is 3.28. The van der Waals surface area contributed by atoms with Gasteiger partial charge in [0, 0.05) is 28.4 Å². The second-order valence-corrected chi connectivity index (χ2v) is 6.01. The Bertz CT molecular complexity index is 643. The number of fused-ring (bicyclic) bond motifs is 3.